The highest BCUT2D eigenvalue weighted by Crippen LogP contribution is 2.38. The van der Waals surface area contributed by atoms with Gasteiger partial charge in [0.2, 0.25) is 0 Å². The molecule has 0 aliphatic carbocycles. The fourth-order valence-corrected chi connectivity index (χ4v) is 5.65. The summed E-state index contributed by atoms with van der Waals surface area (Å²) in [6.45, 7) is 7.07. The third-order valence-corrected chi connectivity index (χ3v) is 8.12. The molecule has 1 aliphatic heterocycles. The van der Waals surface area contributed by atoms with Gasteiger partial charge in [0.15, 0.2) is 11.5 Å². The Labute approximate surface area is 265 Å². The number of ether oxygens (including phenoxy) is 1. The first-order valence-electron chi connectivity index (χ1n) is 13.9. The molecule has 45 heavy (non-hydrogen) atoms. The minimum absolute atomic E-state index is 0.202. The third kappa shape index (κ3) is 9.31. The van der Waals surface area contributed by atoms with Gasteiger partial charge in [-0.05, 0) is 63.2 Å². The van der Waals surface area contributed by atoms with Crippen molar-refractivity contribution >= 4 is 52.2 Å². The van der Waals surface area contributed by atoms with Crippen LogP contribution in [0.25, 0.3) is 0 Å². The van der Waals surface area contributed by atoms with E-state index in [0.717, 1.165) is 17.0 Å². The number of carbonyl (C=O) groups is 2. The molecule has 1 saturated heterocycles. The van der Waals surface area contributed by atoms with Crippen LogP contribution in [-0.4, -0.2) is 79.9 Å². The Morgan fingerprint density at radius 3 is 2.29 bits per heavy atom. The van der Waals surface area contributed by atoms with Crippen LogP contribution in [0.1, 0.15) is 36.8 Å². The van der Waals surface area contributed by atoms with Crippen molar-refractivity contribution < 1.29 is 36.3 Å². The Bertz CT molecular complexity index is 1500. The molecule has 1 atom stereocenters. The topological polar surface area (TPSA) is 131 Å². The molecule has 0 saturated carbocycles. The predicted molar refractivity (Wildman–Crippen MR) is 165 cm³/mol. The van der Waals surface area contributed by atoms with Gasteiger partial charge in [-0.25, -0.2) is 9.10 Å². The number of thioether (sulfide) groups is 1. The number of aromatic nitrogens is 2. The fraction of sp³-hybridized carbons (Fsp3) is 0.379. The molecule has 242 valence electrons. The van der Waals surface area contributed by atoms with E-state index in [4.69, 9.17) is 4.74 Å². The number of benzene rings is 2. The van der Waals surface area contributed by atoms with Crippen molar-refractivity contribution in [2.24, 2.45) is 0 Å². The first-order valence-corrected chi connectivity index (χ1v) is 15.9. The normalized spacial score (nSPS) is 14.6. The van der Waals surface area contributed by atoms with Crippen LogP contribution < -0.4 is 14.5 Å². The molecule has 1 unspecified atom stereocenters. The Morgan fingerprint density at radius 2 is 1.71 bits per heavy atom. The summed E-state index contributed by atoms with van der Waals surface area (Å²) in [7, 11) is 0. The standard InChI is InChI=1S/C29H33F3N6O5S2/c1-28(2,3)43-27(40)37-16-14-36(15-17-37)25-12-11-24(34-35-25)26(39)38(45(41)42)20-9-10-23(22(19-20)29(30,31)32)33-13-18-44-21-7-5-4-6-8-21/h4-12,19,33H,13-18H2,1-3H3,(H,41,42)/p-1. The van der Waals surface area contributed by atoms with E-state index in [1.807, 2.05) is 35.2 Å². The summed E-state index contributed by atoms with van der Waals surface area (Å²) in [6, 6.07) is 14.9. The molecule has 16 heteroatoms. The fourth-order valence-electron chi connectivity index (χ4n) is 4.35. The zero-order valence-electron chi connectivity index (χ0n) is 24.7. The number of rotatable bonds is 9. The summed E-state index contributed by atoms with van der Waals surface area (Å²) < 4.78 is 71.8. The van der Waals surface area contributed by atoms with Crippen molar-refractivity contribution in [1.82, 2.24) is 15.1 Å². The molecule has 11 nitrogen and oxygen atoms in total. The van der Waals surface area contributed by atoms with Gasteiger partial charge >= 0.3 is 12.3 Å². The van der Waals surface area contributed by atoms with E-state index in [9.17, 15) is 31.5 Å². The van der Waals surface area contributed by atoms with E-state index in [1.165, 1.54) is 23.9 Å². The minimum atomic E-state index is -4.83. The van der Waals surface area contributed by atoms with E-state index in [0.29, 0.717) is 43.8 Å². The average Bonchev–Trinajstić information content (AvgIpc) is 2.99. The molecule has 1 aromatic heterocycles. The summed E-state index contributed by atoms with van der Waals surface area (Å²) in [5.74, 6) is -0.317. The number of piperazine rings is 1. The molecule has 4 rings (SSSR count). The Hall–Kier alpha value is -3.89. The largest absolute Gasteiger partial charge is 0.755 e. The van der Waals surface area contributed by atoms with E-state index >= 15 is 0 Å². The molecule has 0 spiro atoms. The van der Waals surface area contributed by atoms with Crippen molar-refractivity contribution in [3.8, 4) is 0 Å². The number of amides is 2. The van der Waals surface area contributed by atoms with Gasteiger partial charge in [0.25, 0.3) is 5.91 Å². The maximum absolute atomic E-state index is 14.0. The number of hydrogen-bond acceptors (Lipinski definition) is 10. The predicted octanol–water partition coefficient (Wildman–Crippen LogP) is 5.20. The first kappa shape index (κ1) is 34.0. The molecule has 1 fully saturated rings. The zero-order valence-corrected chi connectivity index (χ0v) is 26.4. The number of nitrogens with zero attached hydrogens (tertiary/aromatic N) is 5. The molecular weight excluding hydrogens is 633 g/mol. The second-order valence-electron chi connectivity index (χ2n) is 10.9. The quantitative estimate of drug-likeness (QED) is 0.185. The van der Waals surface area contributed by atoms with E-state index in [1.54, 1.807) is 25.7 Å². The van der Waals surface area contributed by atoms with E-state index in [-0.39, 0.29) is 22.2 Å². The maximum Gasteiger partial charge on any atom is 0.418 e. The summed E-state index contributed by atoms with van der Waals surface area (Å²) >= 11 is -1.80. The van der Waals surface area contributed by atoms with Crippen LogP contribution in [0.5, 0.6) is 0 Å². The van der Waals surface area contributed by atoms with Crippen LogP contribution in [0.15, 0.2) is 65.6 Å². The SMILES string of the molecule is CC(C)(C)OC(=O)N1CCN(c2ccc(C(=O)N(c3ccc(NCCSc4ccccc4)c(C(F)(F)F)c3)S(=O)[O-])nn2)CC1. The third-order valence-electron chi connectivity index (χ3n) is 6.43. The van der Waals surface area contributed by atoms with E-state index in [2.05, 4.69) is 15.5 Å². The van der Waals surface area contributed by atoms with Gasteiger partial charge in [0.05, 0.1) is 22.5 Å². The molecule has 1 aliphatic rings. The summed E-state index contributed by atoms with van der Waals surface area (Å²) in [5.41, 5.74) is -2.89. The van der Waals surface area contributed by atoms with Gasteiger partial charge in [-0.3, -0.25) is 9.00 Å². The number of halogens is 3. The highest BCUT2D eigenvalue weighted by Gasteiger charge is 2.35. The van der Waals surface area contributed by atoms with Crippen molar-refractivity contribution in [3.63, 3.8) is 0 Å². The van der Waals surface area contributed by atoms with E-state index < -0.39 is 46.3 Å². The summed E-state index contributed by atoms with van der Waals surface area (Å²) in [6.07, 6.45) is -5.27. The number of alkyl halides is 3. The van der Waals surface area contributed by atoms with Gasteiger partial charge in [0.1, 0.15) is 5.60 Å². The van der Waals surface area contributed by atoms with Crippen LogP contribution in [-0.2, 0) is 22.2 Å². The molecule has 2 aromatic carbocycles. The monoisotopic (exact) mass is 665 g/mol. The Morgan fingerprint density at radius 1 is 1.02 bits per heavy atom. The first-order chi connectivity index (χ1) is 21.2. The van der Waals surface area contributed by atoms with Crippen molar-refractivity contribution in [2.45, 2.75) is 37.4 Å². The number of hydrogen-bond donors (Lipinski definition) is 1. The van der Waals surface area contributed by atoms with Crippen LogP contribution in [0.3, 0.4) is 0 Å². The molecule has 2 amide bonds. The second-order valence-corrected chi connectivity index (χ2v) is 12.8. The van der Waals surface area contributed by atoms with Crippen LogP contribution in [0.4, 0.5) is 35.2 Å². The van der Waals surface area contributed by atoms with Crippen LogP contribution in [0.2, 0.25) is 0 Å². The summed E-state index contributed by atoms with van der Waals surface area (Å²) in [5, 5.41) is 10.6. The highest BCUT2D eigenvalue weighted by atomic mass is 32.2. The molecule has 3 aromatic rings. The van der Waals surface area contributed by atoms with Crippen molar-refractivity contribution in [2.75, 3.05) is 53.0 Å². The number of nitrogens with one attached hydrogen (secondary N) is 1. The van der Waals surface area contributed by atoms with Crippen molar-refractivity contribution in [3.05, 3.63) is 71.9 Å². The van der Waals surface area contributed by atoms with Crippen molar-refractivity contribution in [1.29, 1.82) is 0 Å². The molecule has 0 bridgehead atoms. The van der Waals surface area contributed by atoms with Gasteiger partial charge in [-0.15, -0.1) is 22.0 Å². The van der Waals surface area contributed by atoms with Gasteiger partial charge < -0.3 is 24.4 Å². The smallest absolute Gasteiger partial charge is 0.418 e. The number of anilines is 3. The van der Waals surface area contributed by atoms with Gasteiger partial charge in [-0.1, -0.05) is 18.2 Å². The molecule has 1 N–H and O–H groups in total. The average molecular weight is 666 g/mol. The zero-order chi connectivity index (χ0) is 32.8. The van der Waals surface area contributed by atoms with Crippen LogP contribution >= 0.6 is 11.8 Å². The Kier molecular flexibility index (Phi) is 10.9. The highest BCUT2D eigenvalue weighted by molar-refractivity contribution is 7.99. The Balaban J connectivity index is 1.44. The lowest BCUT2D eigenvalue weighted by Crippen LogP contribution is -2.50. The summed E-state index contributed by atoms with van der Waals surface area (Å²) in [4.78, 5) is 29.8. The molecule has 0 radical (unpaired) electrons. The van der Waals surface area contributed by atoms with Gasteiger partial charge in [0, 0.05) is 49.1 Å². The maximum atomic E-state index is 14.0. The molecule has 2 heterocycles. The molecular formula is C29H32F3N6O5S2-. The second kappa shape index (κ2) is 14.5. The van der Waals surface area contributed by atoms with Crippen LogP contribution in [0, 0.1) is 0 Å². The lowest BCUT2D eigenvalue weighted by atomic mass is 10.1. The minimum Gasteiger partial charge on any atom is -0.755 e. The van der Waals surface area contributed by atoms with Gasteiger partial charge in [-0.2, -0.15) is 13.2 Å². The lowest BCUT2D eigenvalue weighted by molar-refractivity contribution is -0.136. The number of carbonyl (C=O) groups excluding carboxylic acids is 2. The lowest BCUT2D eigenvalue weighted by Gasteiger charge is -2.36.